The van der Waals surface area contributed by atoms with Crippen molar-refractivity contribution in [1.82, 2.24) is 5.32 Å². The molecule has 3 aromatic rings. The number of nitrogens with one attached hydrogen (secondary N) is 1. The first kappa shape index (κ1) is 23.8. The van der Waals surface area contributed by atoms with E-state index in [9.17, 15) is 10.1 Å². The fraction of sp³-hybridized carbons (Fsp3) is 0.154. The molecule has 0 heterocycles. The Morgan fingerprint density at radius 1 is 1.09 bits per heavy atom. The summed E-state index contributed by atoms with van der Waals surface area (Å²) in [6.45, 7) is 4.35. The number of hydrogen-bond donors (Lipinski definition) is 1. The lowest BCUT2D eigenvalue weighted by atomic mass is 10.1. The molecule has 0 aliphatic carbocycles. The van der Waals surface area contributed by atoms with Crippen LogP contribution in [0.15, 0.2) is 81.2 Å². The lowest BCUT2D eigenvalue weighted by Gasteiger charge is -2.14. The van der Waals surface area contributed by atoms with Crippen LogP contribution in [0.3, 0.4) is 0 Å². The second-order valence-corrected chi connectivity index (χ2v) is 9.08. The predicted molar refractivity (Wildman–Crippen MR) is 134 cm³/mol. The van der Waals surface area contributed by atoms with E-state index in [-0.39, 0.29) is 11.6 Å². The van der Waals surface area contributed by atoms with Gasteiger partial charge in [0.05, 0.1) is 15.0 Å². The molecule has 0 radical (unpaired) electrons. The zero-order valence-corrected chi connectivity index (χ0v) is 20.9. The topological polar surface area (TPSA) is 62.1 Å². The number of rotatable bonds is 7. The van der Waals surface area contributed by atoms with Gasteiger partial charge in [0.25, 0.3) is 5.91 Å². The monoisotopic (exact) mass is 552 g/mol. The standard InChI is InChI=1S/C26H22Br2N2O2/c1-17-7-6-8-19(11-17)16-32-25-23(27)13-20(14-24(25)28)12-22(15-29)26(31)30-18(2)21-9-4-3-5-10-21/h3-14,18H,16H2,1-2H3,(H,30,31)/b22-12-/t18-/m0/s1. The summed E-state index contributed by atoms with van der Waals surface area (Å²) in [5.74, 6) is 0.236. The van der Waals surface area contributed by atoms with Crippen LogP contribution >= 0.6 is 31.9 Å². The van der Waals surface area contributed by atoms with Crippen LogP contribution in [0.4, 0.5) is 0 Å². The molecular formula is C26H22Br2N2O2. The molecule has 0 aliphatic heterocycles. The van der Waals surface area contributed by atoms with Crippen molar-refractivity contribution in [2.75, 3.05) is 0 Å². The zero-order valence-electron chi connectivity index (χ0n) is 17.7. The predicted octanol–water partition coefficient (Wildman–Crippen LogP) is 6.88. The number of carbonyl (C=O) groups is 1. The number of ether oxygens (including phenoxy) is 1. The Morgan fingerprint density at radius 2 is 1.78 bits per heavy atom. The maximum Gasteiger partial charge on any atom is 0.262 e. The van der Waals surface area contributed by atoms with Crippen LogP contribution < -0.4 is 10.1 Å². The Balaban J connectivity index is 1.74. The summed E-state index contributed by atoms with van der Waals surface area (Å²) in [4.78, 5) is 12.6. The van der Waals surface area contributed by atoms with Gasteiger partial charge in [-0.2, -0.15) is 5.26 Å². The molecule has 0 unspecified atom stereocenters. The summed E-state index contributed by atoms with van der Waals surface area (Å²) >= 11 is 7.08. The van der Waals surface area contributed by atoms with Crippen molar-refractivity contribution in [2.45, 2.75) is 26.5 Å². The van der Waals surface area contributed by atoms with Crippen LogP contribution in [-0.4, -0.2) is 5.91 Å². The summed E-state index contributed by atoms with van der Waals surface area (Å²) in [6.07, 6.45) is 1.56. The Bertz CT molecular complexity index is 1160. The second kappa shape index (κ2) is 11.1. The number of nitriles is 1. The Hall–Kier alpha value is -2.88. The first-order chi connectivity index (χ1) is 15.4. The smallest absolute Gasteiger partial charge is 0.262 e. The minimum absolute atomic E-state index is 0.0278. The first-order valence-corrected chi connectivity index (χ1v) is 11.6. The van der Waals surface area contributed by atoms with Crippen LogP contribution in [0.1, 0.15) is 35.2 Å². The van der Waals surface area contributed by atoms with Gasteiger partial charge in [-0.05, 0) is 80.6 Å². The van der Waals surface area contributed by atoms with Crippen molar-refractivity contribution in [3.05, 3.63) is 104 Å². The summed E-state index contributed by atoms with van der Waals surface area (Å²) in [5.41, 5.74) is 3.95. The van der Waals surface area contributed by atoms with E-state index in [2.05, 4.69) is 43.2 Å². The van der Waals surface area contributed by atoms with Gasteiger partial charge in [0.15, 0.2) is 0 Å². The molecule has 0 saturated carbocycles. The fourth-order valence-electron chi connectivity index (χ4n) is 3.17. The van der Waals surface area contributed by atoms with Crippen molar-refractivity contribution in [1.29, 1.82) is 5.26 Å². The SMILES string of the molecule is Cc1cccc(COc2c(Br)cc(/C=C(/C#N)C(=O)N[C@@H](C)c3ccccc3)cc2Br)c1. The van der Waals surface area contributed by atoms with Crippen molar-refractivity contribution >= 4 is 43.8 Å². The lowest BCUT2D eigenvalue weighted by molar-refractivity contribution is -0.117. The molecule has 32 heavy (non-hydrogen) atoms. The van der Waals surface area contributed by atoms with Gasteiger partial charge in [-0.15, -0.1) is 0 Å². The fourth-order valence-corrected chi connectivity index (χ4v) is 4.62. The van der Waals surface area contributed by atoms with Crippen molar-refractivity contribution < 1.29 is 9.53 Å². The van der Waals surface area contributed by atoms with Gasteiger partial charge in [0, 0.05) is 0 Å². The molecule has 3 rings (SSSR count). The molecule has 4 nitrogen and oxygen atoms in total. The second-order valence-electron chi connectivity index (χ2n) is 7.37. The molecule has 3 aromatic carbocycles. The van der Waals surface area contributed by atoms with Crippen molar-refractivity contribution in [3.8, 4) is 11.8 Å². The van der Waals surface area contributed by atoms with Crippen LogP contribution in [-0.2, 0) is 11.4 Å². The number of hydrogen-bond acceptors (Lipinski definition) is 3. The number of nitrogens with zero attached hydrogens (tertiary/aromatic N) is 1. The van der Waals surface area contributed by atoms with E-state index in [1.54, 1.807) is 6.08 Å². The molecule has 0 aliphatic rings. The molecule has 0 bridgehead atoms. The number of carbonyl (C=O) groups excluding carboxylic acids is 1. The lowest BCUT2D eigenvalue weighted by Crippen LogP contribution is -2.27. The highest BCUT2D eigenvalue weighted by Crippen LogP contribution is 2.36. The molecular weight excluding hydrogens is 532 g/mol. The number of benzene rings is 3. The highest BCUT2D eigenvalue weighted by molar-refractivity contribution is 9.11. The van der Waals surface area contributed by atoms with Crippen LogP contribution in [0, 0.1) is 18.3 Å². The first-order valence-electron chi connectivity index (χ1n) is 10.0. The molecule has 162 valence electrons. The largest absolute Gasteiger partial charge is 0.487 e. The zero-order chi connectivity index (χ0) is 23.1. The summed E-state index contributed by atoms with van der Waals surface area (Å²) in [5, 5.41) is 12.4. The minimum Gasteiger partial charge on any atom is -0.487 e. The molecule has 6 heteroatoms. The highest BCUT2D eigenvalue weighted by Gasteiger charge is 2.15. The number of halogens is 2. The molecule has 1 amide bonds. The summed E-state index contributed by atoms with van der Waals surface area (Å²) < 4.78 is 7.43. The van der Waals surface area contributed by atoms with Gasteiger partial charge in [-0.1, -0.05) is 60.2 Å². The van der Waals surface area contributed by atoms with E-state index in [4.69, 9.17) is 4.74 Å². The van der Waals surface area contributed by atoms with Crippen LogP contribution in [0.5, 0.6) is 5.75 Å². The average Bonchev–Trinajstić information content (AvgIpc) is 2.77. The van der Waals surface area contributed by atoms with Gasteiger partial charge >= 0.3 is 0 Å². The molecule has 1 N–H and O–H groups in total. The Labute approximate surface area is 205 Å². The van der Waals surface area contributed by atoms with Gasteiger partial charge in [-0.25, -0.2) is 0 Å². The van der Waals surface area contributed by atoms with E-state index in [1.165, 1.54) is 5.56 Å². The van der Waals surface area contributed by atoms with Crippen molar-refractivity contribution in [3.63, 3.8) is 0 Å². The van der Waals surface area contributed by atoms with E-state index in [0.29, 0.717) is 17.9 Å². The molecule has 1 atom stereocenters. The maximum absolute atomic E-state index is 12.6. The van der Waals surface area contributed by atoms with E-state index in [1.807, 2.05) is 80.6 Å². The van der Waals surface area contributed by atoms with Gasteiger partial charge in [0.1, 0.15) is 24.0 Å². The normalized spacial score (nSPS) is 12.0. The van der Waals surface area contributed by atoms with Gasteiger partial charge in [0.2, 0.25) is 0 Å². The maximum atomic E-state index is 12.6. The van der Waals surface area contributed by atoms with E-state index in [0.717, 1.165) is 20.1 Å². The number of amides is 1. The summed E-state index contributed by atoms with van der Waals surface area (Å²) in [7, 11) is 0. The summed E-state index contributed by atoms with van der Waals surface area (Å²) in [6, 6.07) is 23.2. The molecule has 0 aromatic heterocycles. The molecule has 0 saturated heterocycles. The Morgan fingerprint density at radius 3 is 2.41 bits per heavy atom. The quantitative estimate of drug-likeness (QED) is 0.256. The third kappa shape index (κ3) is 6.32. The van der Waals surface area contributed by atoms with Gasteiger partial charge < -0.3 is 10.1 Å². The van der Waals surface area contributed by atoms with E-state index >= 15 is 0 Å². The third-order valence-electron chi connectivity index (χ3n) is 4.81. The van der Waals surface area contributed by atoms with Crippen LogP contribution in [0.25, 0.3) is 6.08 Å². The number of aryl methyl sites for hydroxylation is 1. The van der Waals surface area contributed by atoms with Gasteiger partial charge in [-0.3, -0.25) is 4.79 Å². The third-order valence-corrected chi connectivity index (χ3v) is 5.99. The Kier molecular flexibility index (Phi) is 8.26. The highest BCUT2D eigenvalue weighted by atomic mass is 79.9. The average molecular weight is 554 g/mol. The molecule has 0 fully saturated rings. The van der Waals surface area contributed by atoms with E-state index < -0.39 is 5.91 Å². The molecule has 0 spiro atoms. The van der Waals surface area contributed by atoms with Crippen molar-refractivity contribution in [2.24, 2.45) is 0 Å². The minimum atomic E-state index is -0.420. The van der Waals surface area contributed by atoms with Crippen LogP contribution in [0.2, 0.25) is 0 Å².